The van der Waals surface area contributed by atoms with Crippen molar-refractivity contribution >= 4 is 11.9 Å². The van der Waals surface area contributed by atoms with Gasteiger partial charge in [-0.15, -0.1) is 0 Å². The van der Waals surface area contributed by atoms with Crippen molar-refractivity contribution in [3.8, 4) is 16.9 Å². The molecule has 1 atom stereocenters. The first-order valence-electron chi connectivity index (χ1n) is 8.03. The highest BCUT2D eigenvalue weighted by Gasteiger charge is 2.22. The van der Waals surface area contributed by atoms with Crippen LogP contribution in [-0.4, -0.2) is 19.0 Å². The summed E-state index contributed by atoms with van der Waals surface area (Å²) in [5.74, 6) is -0.496. The minimum atomic E-state index is -1.06. The number of carbonyl (C=O) groups is 2. The predicted octanol–water partition coefficient (Wildman–Crippen LogP) is 4.12. The maximum atomic E-state index is 11.9. The predicted molar refractivity (Wildman–Crippen MR) is 93.9 cm³/mol. The smallest absolute Gasteiger partial charge is 0.311 e. The number of hydrogen-bond donors (Lipinski definition) is 0. The molecule has 5 heteroatoms. The largest absolute Gasteiger partial charge is 0.497 e. The summed E-state index contributed by atoms with van der Waals surface area (Å²) >= 11 is 0. The first-order chi connectivity index (χ1) is 11.9. The molecule has 1 unspecified atom stereocenters. The number of esters is 2. The van der Waals surface area contributed by atoms with Gasteiger partial charge in [0.2, 0.25) is 0 Å². The van der Waals surface area contributed by atoms with Crippen molar-refractivity contribution in [3.63, 3.8) is 0 Å². The molecule has 0 aliphatic carbocycles. The summed E-state index contributed by atoms with van der Waals surface area (Å²) in [4.78, 5) is 23.3. The molecule has 0 spiro atoms. The lowest BCUT2D eigenvalue weighted by atomic mass is 10.0. The van der Waals surface area contributed by atoms with Crippen molar-refractivity contribution in [2.75, 3.05) is 7.11 Å². The Labute approximate surface area is 147 Å². The van der Waals surface area contributed by atoms with Crippen LogP contribution in [0.1, 0.15) is 32.6 Å². The molecule has 132 valence electrons. The Morgan fingerprint density at radius 2 is 1.60 bits per heavy atom. The molecule has 0 radical (unpaired) electrons. The van der Waals surface area contributed by atoms with Gasteiger partial charge < -0.3 is 14.2 Å². The lowest BCUT2D eigenvalue weighted by molar-refractivity contribution is -0.190. The van der Waals surface area contributed by atoms with Gasteiger partial charge in [-0.05, 0) is 29.3 Å². The van der Waals surface area contributed by atoms with Crippen molar-refractivity contribution < 1.29 is 23.8 Å². The minimum absolute atomic E-state index is 0.317. The standard InChI is InChI=1S/C20H22O5/c1-13(2)19(22)25-20(24-14(3)21)17-7-5-6-16(12-17)15-8-10-18(23-4)11-9-15/h5-13,20H,1-4H3. The van der Waals surface area contributed by atoms with Gasteiger partial charge in [0.25, 0.3) is 6.29 Å². The summed E-state index contributed by atoms with van der Waals surface area (Å²) in [6, 6.07) is 14.9. The average Bonchev–Trinajstić information content (AvgIpc) is 2.61. The number of methoxy groups -OCH3 is 1. The third kappa shape index (κ3) is 5.08. The molecular formula is C20H22O5. The SMILES string of the molecule is COc1ccc(-c2cccc(C(OC(C)=O)OC(=O)C(C)C)c2)cc1. The third-order valence-electron chi connectivity index (χ3n) is 3.55. The monoisotopic (exact) mass is 342 g/mol. The molecule has 0 saturated carbocycles. The molecule has 2 rings (SSSR count). The summed E-state index contributed by atoms with van der Waals surface area (Å²) < 4.78 is 15.7. The Kier molecular flexibility index (Phi) is 6.17. The van der Waals surface area contributed by atoms with E-state index in [2.05, 4.69) is 0 Å². The summed E-state index contributed by atoms with van der Waals surface area (Å²) in [5.41, 5.74) is 2.48. The van der Waals surface area contributed by atoms with Gasteiger partial charge in [0, 0.05) is 12.5 Å². The van der Waals surface area contributed by atoms with Crippen LogP contribution in [0.4, 0.5) is 0 Å². The zero-order valence-electron chi connectivity index (χ0n) is 14.8. The molecule has 0 fully saturated rings. The van der Waals surface area contributed by atoms with Crippen LogP contribution in [0.15, 0.2) is 48.5 Å². The van der Waals surface area contributed by atoms with Gasteiger partial charge in [0.15, 0.2) is 0 Å². The Morgan fingerprint density at radius 1 is 0.920 bits per heavy atom. The van der Waals surface area contributed by atoms with Gasteiger partial charge in [0.05, 0.1) is 13.0 Å². The normalized spacial score (nSPS) is 11.7. The molecule has 2 aromatic rings. The molecule has 0 saturated heterocycles. The fourth-order valence-electron chi connectivity index (χ4n) is 2.20. The second kappa shape index (κ2) is 8.33. The van der Waals surface area contributed by atoms with Gasteiger partial charge >= 0.3 is 11.9 Å². The van der Waals surface area contributed by atoms with Gasteiger partial charge in [-0.2, -0.15) is 0 Å². The zero-order valence-corrected chi connectivity index (χ0v) is 14.8. The van der Waals surface area contributed by atoms with Gasteiger partial charge in [0.1, 0.15) is 5.75 Å². The summed E-state index contributed by atoms with van der Waals surface area (Å²) in [6.07, 6.45) is -1.06. The van der Waals surface area contributed by atoms with Crippen LogP contribution < -0.4 is 4.74 Å². The van der Waals surface area contributed by atoms with E-state index in [1.54, 1.807) is 27.0 Å². The molecule has 0 aromatic heterocycles. The molecule has 0 bridgehead atoms. The quantitative estimate of drug-likeness (QED) is 0.584. The van der Waals surface area contributed by atoms with E-state index in [9.17, 15) is 9.59 Å². The van der Waals surface area contributed by atoms with Crippen molar-refractivity contribution in [2.45, 2.75) is 27.1 Å². The maximum absolute atomic E-state index is 11.9. The Morgan fingerprint density at radius 3 is 2.16 bits per heavy atom. The second-order valence-corrected chi connectivity index (χ2v) is 5.89. The first-order valence-corrected chi connectivity index (χ1v) is 8.03. The van der Waals surface area contributed by atoms with Gasteiger partial charge in [-0.3, -0.25) is 9.59 Å². The van der Waals surface area contributed by atoms with E-state index in [0.717, 1.165) is 16.9 Å². The summed E-state index contributed by atoms with van der Waals surface area (Å²) in [5, 5.41) is 0. The van der Waals surface area contributed by atoms with Crippen LogP contribution in [0.3, 0.4) is 0 Å². The van der Waals surface area contributed by atoms with Crippen molar-refractivity contribution in [1.82, 2.24) is 0 Å². The van der Waals surface area contributed by atoms with Crippen molar-refractivity contribution in [3.05, 3.63) is 54.1 Å². The molecule has 25 heavy (non-hydrogen) atoms. The average molecular weight is 342 g/mol. The Bertz CT molecular complexity index is 734. The molecule has 0 amide bonds. The third-order valence-corrected chi connectivity index (χ3v) is 3.55. The van der Waals surface area contributed by atoms with E-state index >= 15 is 0 Å². The number of ether oxygens (including phenoxy) is 3. The first kappa shape index (κ1) is 18.5. The lowest BCUT2D eigenvalue weighted by Crippen LogP contribution is -2.20. The Hall–Kier alpha value is -2.82. The topological polar surface area (TPSA) is 61.8 Å². The maximum Gasteiger partial charge on any atom is 0.311 e. The van der Waals surface area contributed by atoms with Crippen LogP contribution in [0.5, 0.6) is 5.75 Å². The van der Waals surface area contributed by atoms with Crippen LogP contribution in [0.2, 0.25) is 0 Å². The molecular weight excluding hydrogens is 320 g/mol. The zero-order chi connectivity index (χ0) is 18.4. The van der Waals surface area contributed by atoms with Crippen LogP contribution >= 0.6 is 0 Å². The van der Waals surface area contributed by atoms with E-state index in [1.165, 1.54) is 6.92 Å². The molecule has 2 aromatic carbocycles. The second-order valence-electron chi connectivity index (χ2n) is 5.89. The van der Waals surface area contributed by atoms with Crippen molar-refractivity contribution in [1.29, 1.82) is 0 Å². The van der Waals surface area contributed by atoms with Crippen molar-refractivity contribution in [2.24, 2.45) is 5.92 Å². The Balaban J connectivity index is 2.31. The van der Waals surface area contributed by atoms with E-state index in [-0.39, 0.29) is 5.92 Å². The highest BCUT2D eigenvalue weighted by atomic mass is 16.7. The van der Waals surface area contributed by atoms with E-state index in [4.69, 9.17) is 14.2 Å². The highest BCUT2D eigenvalue weighted by Crippen LogP contribution is 2.27. The van der Waals surface area contributed by atoms with Gasteiger partial charge in [-0.25, -0.2) is 0 Å². The molecule has 0 N–H and O–H groups in total. The van der Waals surface area contributed by atoms with Gasteiger partial charge in [-0.1, -0.05) is 44.2 Å². The number of hydrogen-bond acceptors (Lipinski definition) is 5. The van der Waals surface area contributed by atoms with E-state index in [0.29, 0.717) is 5.56 Å². The molecule has 0 heterocycles. The van der Waals surface area contributed by atoms with Crippen LogP contribution in [-0.2, 0) is 19.1 Å². The summed E-state index contributed by atoms with van der Waals surface area (Å²) in [7, 11) is 1.61. The van der Waals surface area contributed by atoms with Crippen LogP contribution in [0, 0.1) is 5.92 Å². The highest BCUT2D eigenvalue weighted by molar-refractivity contribution is 5.72. The van der Waals surface area contributed by atoms with Crippen LogP contribution in [0.25, 0.3) is 11.1 Å². The molecule has 5 nitrogen and oxygen atoms in total. The number of rotatable bonds is 6. The minimum Gasteiger partial charge on any atom is -0.497 e. The van der Waals surface area contributed by atoms with E-state index < -0.39 is 18.2 Å². The van der Waals surface area contributed by atoms with E-state index in [1.807, 2.05) is 42.5 Å². The number of benzene rings is 2. The molecule has 0 aliphatic rings. The fraction of sp³-hybridized carbons (Fsp3) is 0.300. The molecule has 0 aliphatic heterocycles. The summed E-state index contributed by atoms with van der Waals surface area (Å²) in [6.45, 7) is 4.73. The number of carbonyl (C=O) groups excluding carboxylic acids is 2. The lowest BCUT2D eigenvalue weighted by Gasteiger charge is -2.19. The fourth-order valence-corrected chi connectivity index (χ4v) is 2.20.